The zero-order valence-corrected chi connectivity index (χ0v) is 15.3. The van der Waals surface area contributed by atoms with E-state index in [2.05, 4.69) is 9.88 Å². The number of likely N-dealkylation sites (N-methyl/N-ethyl adjacent to an activating group) is 1. The summed E-state index contributed by atoms with van der Waals surface area (Å²) in [4.78, 5) is 5.87. The SMILES string of the molecule is CN(C)CCc1cccc2[nH]cc(S(=O)(=O)c3ccccc3)c12.Cl. The Kier molecular flexibility index (Phi) is 5.70. The van der Waals surface area contributed by atoms with E-state index in [1.54, 1.807) is 30.5 Å². The normalized spacial score (nSPS) is 11.6. The highest BCUT2D eigenvalue weighted by Crippen LogP contribution is 2.31. The van der Waals surface area contributed by atoms with E-state index in [1.807, 2.05) is 38.4 Å². The van der Waals surface area contributed by atoms with E-state index in [9.17, 15) is 8.42 Å². The van der Waals surface area contributed by atoms with Crippen molar-refractivity contribution in [2.45, 2.75) is 16.2 Å². The van der Waals surface area contributed by atoms with Crippen LogP contribution in [0.3, 0.4) is 0 Å². The molecule has 0 unspecified atom stereocenters. The third kappa shape index (κ3) is 3.48. The number of hydrogen-bond donors (Lipinski definition) is 1. The predicted octanol–water partition coefficient (Wildman–Crippen LogP) is 3.53. The van der Waals surface area contributed by atoms with Gasteiger partial charge in [-0.05, 0) is 44.3 Å². The molecule has 1 N–H and O–H groups in total. The third-order valence-corrected chi connectivity index (χ3v) is 5.72. The lowest BCUT2D eigenvalue weighted by atomic mass is 10.1. The second-order valence-corrected chi connectivity index (χ2v) is 7.78. The first kappa shape index (κ1) is 18.5. The molecule has 0 aliphatic rings. The molecule has 0 bridgehead atoms. The lowest BCUT2D eigenvalue weighted by Gasteiger charge is -2.11. The van der Waals surface area contributed by atoms with Gasteiger partial charge in [-0.2, -0.15) is 0 Å². The van der Waals surface area contributed by atoms with Crippen molar-refractivity contribution in [1.82, 2.24) is 9.88 Å². The molecular formula is C18H21ClN2O2S. The maximum absolute atomic E-state index is 13.0. The third-order valence-electron chi connectivity index (χ3n) is 3.93. The Labute approximate surface area is 148 Å². The van der Waals surface area contributed by atoms with Gasteiger partial charge in [0.15, 0.2) is 0 Å². The van der Waals surface area contributed by atoms with Crippen LogP contribution in [-0.4, -0.2) is 38.9 Å². The van der Waals surface area contributed by atoms with Gasteiger partial charge < -0.3 is 9.88 Å². The lowest BCUT2D eigenvalue weighted by Crippen LogP contribution is -2.15. The first-order valence-corrected chi connectivity index (χ1v) is 9.02. The summed E-state index contributed by atoms with van der Waals surface area (Å²) in [5, 5.41) is 0.804. The van der Waals surface area contributed by atoms with E-state index >= 15 is 0 Å². The first-order valence-electron chi connectivity index (χ1n) is 7.54. The zero-order valence-electron chi connectivity index (χ0n) is 13.7. The molecule has 1 heterocycles. The number of rotatable bonds is 5. The van der Waals surface area contributed by atoms with Gasteiger partial charge in [-0.1, -0.05) is 30.3 Å². The maximum atomic E-state index is 13.0. The fourth-order valence-electron chi connectivity index (χ4n) is 2.72. The van der Waals surface area contributed by atoms with Crippen molar-refractivity contribution < 1.29 is 8.42 Å². The molecule has 3 rings (SSSR count). The molecule has 128 valence electrons. The predicted molar refractivity (Wildman–Crippen MR) is 99.7 cm³/mol. The van der Waals surface area contributed by atoms with Crippen LogP contribution in [0.5, 0.6) is 0 Å². The summed E-state index contributed by atoms with van der Waals surface area (Å²) in [6, 6.07) is 14.5. The Bertz CT molecular complexity index is 919. The summed E-state index contributed by atoms with van der Waals surface area (Å²) in [5.41, 5.74) is 1.91. The summed E-state index contributed by atoms with van der Waals surface area (Å²) in [6.45, 7) is 0.870. The van der Waals surface area contributed by atoms with Crippen LogP contribution in [0.2, 0.25) is 0 Å². The van der Waals surface area contributed by atoms with Gasteiger partial charge in [-0.3, -0.25) is 0 Å². The quantitative estimate of drug-likeness (QED) is 0.753. The second kappa shape index (κ2) is 7.38. The molecule has 0 radical (unpaired) electrons. The number of sulfone groups is 1. The number of aromatic amines is 1. The average Bonchev–Trinajstić information content (AvgIpc) is 2.99. The number of hydrogen-bond acceptors (Lipinski definition) is 3. The van der Waals surface area contributed by atoms with E-state index in [0.29, 0.717) is 9.79 Å². The molecule has 0 aliphatic heterocycles. The highest BCUT2D eigenvalue weighted by atomic mass is 35.5. The summed E-state index contributed by atoms with van der Waals surface area (Å²) in [7, 11) is 0.497. The summed E-state index contributed by atoms with van der Waals surface area (Å²) >= 11 is 0. The Morgan fingerprint density at radius 1 is 1.00 bits per heavy atom. The molecule has 3 aromatic rings. The molecule has 1 aromatic heterocycles. The number of H-pyrrole nitrogens is 1. The van der Waals surface area contributed by atoms with E-state index in [0.717, 1.165) is 29.4 Å². The highest BCUT2D eigenvalue weighted by Gasteiger charge is 2.22. The maximum Gasteiger partial charge on any atom is 0.208 e. The molecule has 0 amide bonds. The molecule has 2 aromatic carbocycles. The minimum atomic E-state index is -3.53. The molecular weight excluding hydrogens is 344 g/mol. The lowest BCUT2D eigenvalue weighted by molar-refractivity contribution is 0.414. The molecule has 0 spiro atoms. The summed E-state index contributed by atoms with van der Waals surface area (Å²) in [6.07, 6.45) is 2.41. The van der Waals surface area contributed by atoms with Crippen molar-refractivity contribution in [2.24, 2.45) is 0 Å². The monoisotopic (exact) mass is 364 g/mol. The standard InChI is InChI=1S/C18H20N2O2S.ClH/c1-20(2)12-11-14-7-6-10-16-18(14)17(13-19-16)23(21,22)15-8-4-3-5-9-15;/h3-10,13,19H,11-12H2,1-2H3;1H. The van der Waals surface area contributed by atoms with Gasteiger partial charge >= 0.3 is 0 Å². The van der Waals surface area contributed by atoms with Crippen molar-refractivity contribution in [1.29, 1.82) is 0 Å². The number of nitrogens with zero attached hydrogens (tertiary/aromatic N) is 1. The van der Waals surface area contributed by atoms with Crippen molar-refractivity contribution in [3.05, 3.63) is 60.3 Å². The van der Waals surface area contributed by atoms with Gasteiger partial charge in [0.25, 0.3) is 0 Å². The summed E-state index contributed by atoms with van der Waals surface area (Å²) in [5.74, 6) is 0. The van der Waals surface area contributed by atoms with Gasteiger partial charge in [0, 0.05) is 23.6 Å². The zero-order chi connectivity index (χ0) is 16.4. The number of halogens is 1. The van der Waals surface area contributed by atoms with Crippen LogP contribution in [0.15, 0.2) is 64.5 Å². The van der Waals surface area contributed by atoms with E-state index in [1.165, 1.54) is 0 Å². The second-order valence-electron chi connectivity index (χ2n) is 5.86. The Morgan fingerprint density at radius 2 is 1.71 bits per heavy atom. The minimum Gasteiger partial charge on any atom is -0.360 e. The molecule has 0 saturated heterocycles. The van der Waals surface area contributed by atoms with Crippen LogP contribution in [0.1, 0.15) is 5.56 Å². The van der Waals surface area contributed by atoms with Crippen LogP contribution < -0.4 is 0 Å². The molecule has 4 nitrogen and oxygen atoms in total. The first-order chi connectivity index (χ1) is 11.0. The molecule has 6 heteroatoms. The van der Waals surface area contributed by atoms with Crippen molar-refractivity contribution in [2.75, 3.05) is 20.6 Å². The van der Waals surface area contributed by atoms with Crippen LogP contribution in [-0.2, 0) is 16.3 Å². The summed E-state index contributed by atoms with van der Waals surface area (Å²) < 4.78 is 25.9. The average molecular weight is 365 g/mol. The van der Waals surface area contributed by atoms with Gasteiger partial charge in [-0.15, -0.1) is 12.4 Å². The molecule has 0 saturated carbocycles. The van der Waals surface area contributed by atoms with Gasteiger partial charge in [0.2, 0.25) is 9.84 Å². The smallest absolute Gasteiger partial charge is 0.208 e. The van der Waals surface area contributed by atoms with Crippen LogP contribution >= 0.6 is 12.4 Å². The number of nitrogens with one attached hydrogen (secondary N) is 1. The van der Waals surface area contributed by atoms with E-state index in [4.69, 9.17) is 0 Å². The Hall–Kier alpha value is -1.82. The largest absolute Gasteiger partial charge is 0.360 e. The molecule has 0 atom stereocenters. The van der Waals surface area contributed by atoms with Crippen LogP contribution in [0, 0.1) is 0 Å². The van der Waals surface area contributed by atoms with Crippen LogP contribution in [0.25, 0.3) is 10.9 Å². The Morgan fingerprint density at radius 3 is 2.38 bits per heavy atom. The van der Waals surface area contributed by atoms with E-state index in [-0.39, 0.29) is 12.4 Å². The molecule has 0 fully saturated rings. The number of aromatic nitrogens is 1. The van der Waals surface area contributed by atoms with Crippen molar-refractivity contribution in [3.8, 4) is 0 Å². The Balaban J connectivity index is 0.00000208. The van der Waals surface area contributed by atoms with Gasteiger partial charge in [-0.25, -0.2) is 8.42 Å². The number of benzene rings is 2. The minimum absolute atomic E-state index is 0. The van der Waals surface area contributed by atoms with E-state index < -0.39 is 9.84 Å². The fourth-order valence-corrected chi connectivity index (χ4v) is 4.21. The van der Waals surface area contributed by atoms with Gasteiger partial charge in [0.05, 0.1) is 9.79 Å². The molecule has 24 heavy (non-hydrogen) atoms. The molecule has 0 aliphatic carbocycles. The van der Waals surface area contributed by atoms with Gasteiger partial charge in [0.1, 0.15) is 0 Å². The van der Waals surface area contributed by atoms with Crippen molar-refractivity contribution >= 4 is 33.1 Å². The fraction of sp³-hybridized carbons (Fsp3) is 0.222. The van der Waals surface area contributed by atoms with Crippen LogP contribution in [0.4, 0.5) is 0 Å². The highest BCUT2D eigenvalue weighted by molar-refractivity contribution is 7.91. The van der Waals surface area contributed by atoms with Crippen molar-refractivity contribution in [3.63, 3.8) is 0 Å². The number of fused-ring (bicyclic) bond motifs is 1. The topological polar surface area (TPSA) is 53.2 Å².